The topological polar surface area (TPSA) is 70.9 Å². The number of fused-ring (bicyclic) bond motifs is 1. The van der Waals surface area contributed by atoms with Crippen molar-refractivity contribution in [2.24, 2.45) is 0 Å². The Morgan fingerprint density at radius 2 is 1.83 bits per heavy atom. The lowest BCUT2D eigenvalue weighted by Crippen LogP contribution is -2.08. The maximum atomic E-state index is 8.82. The van der Waals surface area contributed by atoms with Crippen LogP contribution in [0.4, 0.5) is 5.82 Å². The Hall–Kier alpha value is -2.18. The molecule has 5 nitrogen and oxygen atoms in total. The first-order chi connectivity index (χ1) is 11.4. The van der Waals surface area contributed by atoms with Gasteiger partial charge in [-0.1, -0.05) is 12.1 Å². The Morgan fingerprint density at radius 3 is 2.65 bits per heavy atom. The van der Waals surface area contributed by atoms with Crippen LogP contribution in [-0.4, -0.2) is 44.7 Å². The first-order valence-corrected chi connectivity index (χ1v) is 8.63. The van der Waals surface area contributed by atoms with Crippen LogP contribution in [0.2, 0.25) is 0 Å². The van der Waals surface area contributed by atoms with Gasteiger partial charge in [0.05, 0.1) is 12.1 Å². The van der Waals surface area contributed by atoms with Crippen molar-refractivity contribution in [1.29, 1.82) is 0 Å². The quantitative estimate of drug-likeness (QED) is 0.651. The van der Waals surface area contributed by atoms with Gasteiger partial charge in [-0.3, -0.25) is 4.98 Å². The Kier molecular flexibility index (Phi) is 5.39. The van der Waals surface area contributed by atoms with Crippen LogP contribution in [0.25, 0.3) is 22.3 Å². The van der Waals surface area contributed by atoms with Crippen molar-refractivity contribution >= 4 is 28.5 Å². The molecule has 1 aromatic carbocycles. The number of benzene rings is 1. The minimum absolute atomic E-state index is 0.216. The van der Waals surface area contributed by atoms with Crippen LogP contribution in [0.15, 0.2) is 48.8 Å². The van der Waals surface area contributed by atoms with Gasteiger partial charge in [-0.2, -0.15) is 11.8 Å². The molecular formula is C17H18N4OS. The van der Waals surface area contributed by atoms with Crippen molar-refractivity contribution in [3.8, 4) is 11.4 Å². The van der Waals surface area contributed by atoms with Crippen LogP contribution < -0.4 is 5.32 Å². The van der Waals surface area contributed by atoms with E-state index in [2.05, 4.69) is 20.3 Å². The maximum Gasteiger partial charge on any atom is 0.162 e. The van der Waals surface area contributed by atoms with Gasteiger partial charge in [-0.25, -0.2) is 9.97 Å². The predicted molar refractivity (Wildman–Crippen MR) is 95.7 cm³/mol. The van der Waals surface area contributed by atoms with Crippen LogP contribution in [0.1, 0.15) is 0 Å². The number of nitrogens with one attached hydrogen (secondary N) is 1. The molecule has 2 N–H and O–H groups in total. The first kappa shape index (κ1) is 15.7. The SMILES string of the molecule is OCCSCCNc1nc(-c2ccncc2)nc2ccccc12. The average molecular weight is 326 g/mol. The molecule has 0 fully saturated rings. The highest BCUT2D eigenvalue weighted by Gasteiger charge is 2.08. The number of aromatic nitrogens is 3. The summed E-state index contributed by atoms with van der Waals surface area (Å²) in [5.41, 5.74) is 1.86. The van der Waals surface area contributed by atoms with Crippen molar-refractivity contribution in [3.63, 3.8) is 0 Å². The molecule has 0 aliphatic carbocycles. The molecule has 0 amide bonds. The smallest absolute Gasteiger partial charge is 0.162 e. The van der Waals surface area contributed by atoms with Crippen LogP contribution in [0.3, 0.4) is 0 Å². The highest BCUT2D eigenvalue weighted by atomic mass is 32.2. The largest absolute Gasteiger partial charge is 0.396 e. The number of anilines is 1. The van der Waals surface area contributed by atoms with E-state index in [0.717, 1.165) is 40.3 Å². The summed E-state index contributed by atoms with van der Waals surface area (Å²) in [6.45, 7) is 1.01. The predicted octanol–water partition coefficient (Wildman–Crippen LogP) is 2.83. The fourth-order valence-electron chi connectivity index (χ4n) is 2.25. The van der Waals surface area contributed by atoms with Gasteiger partial charge >= 0.3 is 0 Å². The number of para-hydroxylation sites is 1. The third kappa shape index (κ3) is 3.97. The van der Waals surface area contributed by atoms with Crippen LogP contribution >= 0.6 is 11.8 Å². The zero-order valence-corrected chi connectivity index (χ0v) is 13.5. The molecule has 0 saturated carbocycles. The Bertz CT molecular complexity index is 767. The van der Waals surface area contributed by atoms with Crippen molar-refractivity contribution in [3.05, 3.63) is 48.8 Å². The van der Waals surface area contributed by atoms with E-state index in [4.69, 9.17) is 5.11 Å². The molecule has 0 aliphatic rings. The monoisotopic (exact) mass is 326 g/mol. The Morgan fingerprint density at radius 1 is 1.00 bits per heavy atom. The molecular weight excluding hydrogens is 308 g/mol. The number of aliphatic hydroxyl groups is 1. The third-order valence-corrected chi connectivity index (χ3v) is 4.28. The summed E-state index contributed by atoms with van der Waals surface area (Å²) >= 11 is 1.71. The summed E-state index contributed by atoms with van der Waals surface area (Å²) in [6.07, 6.45) is 3.49. The highest BCUT2D eigenvalue weighted by molar-refractivity contribution is 7.99. The van der Waals surface area contributed by atoms with Gasteiger partial charge in [0, 0.05) is 41.4 Å². The molecule has 0 bridgehead atoms. The van der Waals surface area contributed by atoms with E-state index in [0.29, 0.717) is 5.82 Å². The van der Waals surface area contributed by atoms with E-state index >= 15 is 0 Å². The zero-order valence-electron chi connectivity index (χ0n) is 12.6. The molecule has 2 aromatic heterocycles. The number of aliphatic hydroxyl groups excluding tert-OH is 1. The van der Waals surface area contributed by atoms with E-state index in [1.165, 1.54) is 0 Å². The third-order valence-electron chi connectivity index (χ3n) is 3.32. The molecule has 0 aliphatic heterocycles. The summed E-state index contributed by atoms with van der Waals surface area (Å²) in [5.74, 6) is 3.21. The molecule has 0 saturated heterocycles. The van der Waals surface area contributed by atoms with E-state index < -0.39 is 0 Å². The van der Waals surface area contributed by atoms with Gasteiger partial charge in [0.1, 0.15) is 5.82 Å². The van der Waals surface area contributed by atoms with Gasteiger partial charge in [-0.05, 0) is 24.3 Å². The summed E-state index contributed by atoms with van der Waals surface area (Å²) in [7, 11) is 0. The lowest BCUT2D eigenvalue weighted by atomic mass is 10.2. The van der Waals surface area contributed by atoms with E-state index in [-0.39, 0.29) is 6.61 Å². The van der Waals surface area contributed by atoms with Crippen LogP contribution in [0, 0.1) is 0 Å². The van der Waals surface area contributed by atoms with E-state index in [1.807, 2.05) is 36.4 Å². The van der Waals surface area contributed by atoms with Crippen molar-refractivity contribution in [2.75, 3.05) is 30.0 Å². The van der Waals surface area contributed by atoms with E-state index in [1.54, 1.807) is 24.2 Å². The second-order valence-corrected chi connectivity index (χ2v) is 6.14. The standard InChI is InChI=1S/C17H18N4OS/c22-10-12-23-11-9-19-17-14-3-1-2-4-15(14)20-16(21-17)13-5-7-18-8-6-13/h1-8,22H,9-12H2,(H,19,20,21). The van der Waals surface area contributed by atoms with E-state index in [9.17, 15) is 0 Å². The lowest BCUT2D eigenvalue weighted by molar-refractivity contribution is 0.322. The Balaban J connectivity index is 1.88. The van der Waals surface area contributed by atoms with Gasteiger partial charge in [0.2, 0.25) is 0 Å². The molecule has 0 radical (unpaired) electrons. The second-order valence-electron chi connectivity index (χ2n) is 4.91. The second kappa shape index (κ2) is 7.89. The van der Waals surface area contributed by atoms with Crippen molar-refractivity contribution in [1.82, 2.24) is 15.0 Å². The number of rotatable bonds is 7. The summed E-state index contributed by atoms with van der Waals surface area (Å²) in [5, 5.41) is 13.2. The number of nitrogens with zero attached hydrogens (tertiary/aromatic N) is 3. The maximum absolute atomic E-state index is 8.82. The van der Waals surface area contributed by atoms with Crippen LogP contribution in [0.5, 0.6) is 0 Å². The summed E-state index contributed by atoms with van der Waals surface area (Å²) in [6, 6.07) is 11.8. The fourth-order valence-corrected chi connectivity index (χ4v) is 2.83. The number of hydrogen-bond acceptors (Lipinski definition) is 6. The molecule has 23 heavy (non-hydrogen) atoms. The summed E-state index contributed by atoms with van der Waals surface area (Å²) < 4.78 is 0. The normalized spacial score (nSPS) is 10.8. The fraction of sp³-hybridized carbons (Fsp3) is 0.235. The molecule has 0 spiro atoms. The van der Waals surface area contributed by atoms with Gasteiger partial charge in [-0.15, -0.1) is 0 Å². The molecule has 118 valence electrons. The highest BCUT2D eigenvalue weighted by Crippen LogP contribution is 2.24. The van der Waals surface area contributed by atoms with Crippen LogP contribution in [-0.2, 0) is 0 Å². The molecule has 3 aromatic rings. The number of pyridine rings is 1. The number of hydrogen-bond donors (Lipinski definition) is 2. The molecule has 2 heterocycles. The molecule has 0 atom stereocenters. The minimum atomic E-state index is 0.216. The molecule has 3 rings (SSSR count). The van der Waals surface area contributed by atoms with Crippen molar-refractivity contribution < 1.29 is 5.11 Å². The number of thioether (sulfide) groups is 1. The average Bonchev–Trinajstić information content (AvgIpc) is 2.62. The minimum Gasteiger partial charge on any atom is -0.396 e. The Labute approximate surface area is 139 Å². The lowest BCUT2D eigenvalue weighted by Gasteiger charge is -2.10. The molecule has 0 unspecified atom stereocenters. The van der Waals surface area contributed by atoms with Crippen molar-refractivity contribution in [2.45, 2.75) is 0 Å². The zero-order chi connectivity index (χ0) is 15.9. The first-order valence-electron chi connectivity index (χ1n) is 7.48. The molecule has 6 heteroatoms. The van der Waals surface area contributed by atoms with Gasteiger partial charge < -0.3 is 10.4 Å². The van der Waals surface area contributed by atoms with Gasteiger partial charge in [0.15, 0.2) is 5.82 Å². The summed E-state index contributed by atoms with van der Waals surface area (Å²) in [4.78, 5) is 13.4. The van der Waals surface area contributed by atoms with Gasteiger partial charge in [0.25, 0.3) is 0 Å².